The fourth-order valence-electron chi connectivity index (χ4n) is 2.88. The second kappa shape index (κ2) is 6.45. The van der Waals surface area contributed by atoms with Crippen LogP contribution in [0.25, 0.3) is 0 Å². The van der Waals surface area contributed by atoms with E-state index in [1.807, 2.05) is 0 Å². The monoisotopic (exact) mass is 373 g/mol. The van der Waals surface area contributed by atoms with Crippen LogP contribution in [0.5, 0.6) is 0 Å². The number of nitrogens with zero attached hydrogens (tertiary/aromatic N) is 1. The summed E-state index contributed by atoms with van der Waals surface area (Å²) in [7, 11) is 0. The fraction of sp³-hybridized carbons (Fsp3) is 0.529. The van der Waals surface area contributed by atoms with Crippen LogP contribution in [-0.4, -0.2) is 40.8 Å². The lowest BCUT2D eigenvalue weighted by atomic mass is 9.76. The molecule has 0 unspecified atom stereocenters. The molecule has 0 radical (unpaired) electrons. The third-order valence-corrected chi connectivity index (χ3v) is 4.92. The van der Waals surface area contributed by atoms with Gasteiger partial charge in [0, 0.05) is 19.0 Å². The highest BCUT2D eigenvalue weighted by Gasteiger charge is 2.51. The number of amides is 1. The van der Waals surface area contributed by atoms with Gasteiger partial charge in [-0.05, 0) is 45.4 Å². The molecule has 132 valence electrons. The lowest BCUT2D eigenvalue weighted by Crippen LogP contribution is -2.38. The van der Waals surface area contributed by atoms with E-state index < -0.39 is 29.0 Å². The van der Waals surface area contributed by atoms with E-state index >= 15 is 0 Å². The van der Waals surface area contributed by atoms with Gasteiger partial charge in [-0.3, -0.25) is 4.79 Å². The number of carbonyl (C=O) groups excluding carboxylic acids is 1. The van der Waals surface area contributed by atoms with Crippen LogP contribution in [0.15, 0.2) is 18.2 Å². The molecule has 1 amide bonds. The summed E-state index contributed by atoms with van der Waals surface area (Å²) in [4.78, 5) is 25.6. The summed E-state index contributed by atoms with van der Waals surface area (Å²) in [5.41, 5.74) is -1.03. The molecule has 0 bridgehead atoms. The molecule has 1 saturated heterocycles. The van der Waals surface area contributed by atoms with E-state index in [9.17, 15) is 14.7 Å². The van der Waals surface area contributed by atoms with Crippen molar-refractivity contribution in [1.82, 2.24) is 4.90 Å². The van der Waals surface area contributed by atoms with Crippen molar-refractivity contribution in [2.24, 2.45) is 5.41 Å². The molecule has 1 aromatic carbocycles. The first-order chi connectivity index (χ1) is 10.9. The topological polar surface area (TPSA) is 66.8 Å². The maximum Gasteiger partial charge on any atom is 0.410 e. The first-order valence-corrected chi connectivity index (χ1v) is 8.36. The highest BCUT2D eigenvalue weighted by Crippen LogP contribution is 2.44. The minimum absolute atomic E-state index is 0.0716. The predicted molar refractivity (Wildman–Crippen MR) is 92.8 cm³/mol. The van der Waals surface area contributed by atoms with Crippen LogP contribution in [0, 0.1) is 5.41 Å². The first-order valence-electron chi connectivity index (χ1n) is 7.60. The molecule has 7 heteroatoms. The number of ether oxygens (including phenoxy) is 1. The van der Waals surface area contributed by atoms with Gasteiger partial charge in [-0.25, -0.2) is 4.79 Å². The summed E-state index contributed by atoms with van der Waals surface area (Å²) in [6.45, 7) is 7.26. The Kier molecular flexibility index (Phi) is 5.07. The molecule has 1 aliphatic rings. The lowest BCUT2D eigenvalue weighted by molar-refractivity contribution is -0.147. The second-order valence-electron chi connectivity index (χ2n) is 7.31. The molecule has 1 fully saturated rings. The average Bonchev–Trinajstić information content (AvgIpc) is 2.80. The molecule has 0 saturated carbocycles. The molecule has 1 heterocycles. The van der Waals surface area contributed by atoms with Gasteiger partial charge in [-0.1, -0.05) is 29.3 Å². The van der Waals surface area contributed by atoms with E-state index in [2.05, 4.69) is 0 Å². The van der Waals surface area contributed by atoms with Gasteiger partial charge in [0.25, 0.3) is 0 Å². The molecule has 1 N–H and O–H groups in total. The van der Waals surface area contributed by atoms with Gasteiger partial charge < -0.3 is 14.7 Å². The van der Waals surface area contributed by atoms with Crippen LogP contribution in [0.4, 0.5) is 4.79 Å². The molecule has 1 aliphatic heterocycles. The van der Waals surface area contributed by atoms with Crippen molar-refractivity contribution in [2.45, 2.75) is 39.2 Å². The Morgan fingerprint density at radius 2 is 1.92 bits per heavy atom. The standard InChI is InChI=1S/C17H21Cl2NO4/c1-16(2,3)24-15(23)20-8-11(17(4,9-20)14(21)22)10-5-6-12(18)13(19)7-10/h5-7,11H,8-9H2,1-4H3,(H,21,22)/t11-,17+/m0/s1. The highest BCUT2D eigenvalue weighted by atomic mass is 35.5. The Morgan fingerprint density at radius 3 is 2.42 bits per heavy atom. The number of rotatable bonds is 2. The summed E-state index contributed by atoms with van der Waals surface area (Å²) in [5, 5.41) is 10.5. The maximum absolute atomic E-state index is 12.3. The van der Waals surface area contributed by atoms with Crippen molar-refractivity contribution in [1.29, 1.82) is 0 Å². The van der Waals surface area contributed by atoms with E-state index in [-0.39, 0.29) is 13.1 Å². The summed E-state index contributed by atoms with van der Waals surface area (Å²) < 4.78 is 5.37. The van der Waals surface area contributed by atoms with Crippen LogP contribution in [-0.2, 0) is 9.53 Å². The Hall–Kier alpha value is -1.46. The molecular weight excluding hydrogens is 353 g/mol. The number of hydrogen-bond acceptors (Lipinski definition) is 3. The third kappa shape index (κ3) is 3.78. The smallest absolute Gasteiger partial charge is 0.410 e. The van der Waals surface area contributed by atoms with Crippen molar-refractivity contribution >= 4 is 35.3 Å². The summed E-state index contributed by atoms with van der Waals surface area (Å²) in [6, 6.07) is 5.05. The summed E-state index contributed by atoms with van der Waals surface area (Å²) >= 11 is 12.0. The highest BCUT2D eigenvalue weighted by molar-refractivity contribution is 6.42. The first kappa shape index (κ1) is 18.9. The van der Waals surface area contributed by atoms with Crippen LogP contribution < -0.4 is 0 Å². The number of aliphatic carboxylic acids is 1. The SMILES string of the molecule is CC(C)(C)OC(=O)N1C[C@@H](c2ccc(Cl)c(Cl)c2)[C@](C)(C(=O)O)C1. The molecule has 24 heavy (non-hydrogen) atoms. The van der Waals surface area contributed by atoms with E-state index in [4.69, 9.17) is 27.9 Å². The lowest BCUT2D eigenvalue weighted by Gasteiger charge is -2.26. The molecule has 2 rings (SSSR count). The normalized spacial score (nSPS) is 24.1. The van der Waals surface area contributed by atoms with E-state index in [0.717, 1.165) is 5.56 Å². The van der Waals surface area contributed by atoms with Crippen LogP contribution >= 0.6 is 23.2 Å². The predicted octanol–water partition coefficient (Wildman–Crippen LogP) is 4.42. The Bertz CT molecular complexity index is 671. The number of likely N-dealkylation sites (tertiary alicyclic amines) is 1. The zero-order valence-corrected chi connectivity index (χ0v) is 15.6. The van der Waals surface area contributed by atoms with Crippen LogP contribution in [0.3, 0.4) is 0 Å². The Balaban J connectivity index is 2.33. The number of carbonyl (C=O) groups is 2. The number of benzene rings is 1. The molecule has 0 aromatic heterocycles. The minimum atomic E-state index is -1.13. The molecule has 1 aromatic rings. The third-order valence-electron chi connectivity index (χ3n) is 4.18. The summed E-state index contributed by atoms with van der Waals surface area (Å²) in [5.74, 6) is -1.37. The average molecular weight is 374 g/mol. The van der Waals surface area contributed by atoms with Crippen LogP contribution in [0.1, 0.15) is 39.2 Å². The van der Waals surface area contributed by atoms with E-state index in [0.29, 0.717) is 10.0 Å². The van der Waals surface area contributed by atoms with Gasteiger partial charge in [0.2, 0.25) is 0 Å². The number of hydrogen-bond donors (Lipinski definition) is 1. The van der Waals surface area contributed by atoms with Gasteiger partial charge >= 0.3 is 12.1 Å². The van der Waals surface area contributed by atoms with Crippen molar-refractivity contribution in [3.8, 4) is 0 Å². The number of carboxylic acid groups (broad SMARTS) is 1. The van der Waals surface area contributed by atoms with Gasteiger partial charge in [0.05, 0.1) is 15.5 Å². The minimum Gasteiger partial charge on any atom is -0.481 e. The fourth-order valence-corrected chi connectivity index (χ4v) is 3.18. The molecule has 5 nitrogen and oxygen atoms in total. The van der Waals surface area contributed by atoms with Gasteiger partial charge in [-0.2, -0.15) is 0 Å². The van der Waals surface area contributed by atoms with Crippen LogP contribution in [0.2, 0.25) is 10.0 Å². The van der Waals surface area contributed by atoms with Crippen molar-refractivity contribution < 1.29 is 19.4 Å². The summed E-state index contributed by atoms with van der Waals surface area (Å²) in [6.07, 6.45) is -0.516. The zero-order valence-electron chi connectivity index (χ0n) is 14.1. The quantitative estimate of drug-likeness (QED) is 0.832. The van der Waals surface area contributed by atoms with Crippen molar-refractivity contribution in [2.75, 3.05) is 13.1 Å². The molecular formula is C17H21Cl2NO4. The second-order valence-corrected chi connectivity index (χ2v) is 8.12. The van der Waals surface area contributed by atoms with Gasteiger partial charge in [0.15, 0.2) is 0 Å². The largest absolute Gasteiger partial charge is 0.481 e. The van der Waals surface area contributed by atoms with Gasteiger partial charge in [0.1, 0.15) is 5.60 Å². The Labute approximate surface area is 151 Å². The molecule has 0 aliphatic carbocycles. The van der Waals surface area contributed by atoms with Crippen molar-refractivity contribution in [3.63, 3.8) is 0 Å². The van der Waals surface area contributed by atoms with E-state index in [1.54, 1.807) is 45.9 Å². The van der Waals surface area contributed by atoms with E-state index in [1.165, 1.54) is 4.90 Å². The van der Waals surface area contributed by atoms with Crippen molar-refractivity contribution in [3.05, 3.63) is 33.8 Å². The number of halogens is 2. The maximum atomic E-state index is 12.3. The molecule has 2 atom stereocenters. The Morgan fingerprint density at radius 1 is 1.29 bits per heavy atom. The van der Waals surface area contributed by atoms with Gasteiger partial charge in [-0.15, -0.1) is 0 Å². The molecule has 0 spiro atoms. The number of carboxylic acids is 1. The zero-order chi connectivity index (χ0) is 18.3.